The van der Waals surface area contributed by atoms with Gasteiger partial charge in [-0.1, -0.05) is 47.1 Å². The summed E-state index contributed by atoms with van der Waals surface area (Å²) in [6.07, 6.45) is 2.79. The average Bonchev–Trinajstić information content (AvgIpc) is 3.31. The van der Waals surface area contributed by atoms with Crippen molar-refractivity contribution in [3.63, 3.8) is 0 Å². The number of amides is 1. The van der Waals surface area contributed by atoms with Crippen LogP contribution in [0.25, 0.3) is 11.4 Å². The molecule has 6 nitrogen and oxygen atoms in total. The fraction of sp³-hybridized carbons (Fsp3) is 0.423. The molecule has 1 fully saturated rings. The number of piperidine rings is 1. The Morgan fingerprint density at radius 2 is 2.00 bits per heavy atom. The Balaban J connectivity index is 1.16. The van der Waals surface area contributed by atoms with E-state index in [4.69, 9.17) is 4.52 Å². The molecule has 0 radical (unpaired) electrons. The molecule has 2 heterocycles. The molecule has 2 aromatic carbocycles. The molecule has 8 heteroatoms. The lowest BCUT2D eigenvalue weighted by molar-refractivity contribution is -0.126. The second-order valence-electron chi connectivity index (χ2n) is 8.78. The Bertz CT molecular complexity index is 1060. The molecule has 1 unspecified atom stereocenters. The normalized spacial score (nSPS) is 16.5. The number of halogens is 1. The van der Waals surface area contributed by atoms with E-state index in [9.17, 15) is 9.18 Å². The van der Waals surface area contributed by atoms with Crippen LogP contribution in [0.5, 0.6) is 0 Å². The van der Waals surface area contributed by atoms with Crippen molar-refractivity contribution in [3.8, 4) is 11.4 Å². The smallest absolute Gasteiger partial charge is 0.241 e. The fourth-order valence-electron chi connectivity index (χ4n) is 4.04. The molecule has 4 rings (SSSR count). The highest BCUT2D eigenvalue weighted by Gasteiger charge is 2.26. The Morgan fingerprint density at radius 1 is 1.21 bits per heavy atom. The quantitative estimate of drug-likeness (QED) is 0.417. The van der Waals surface area contributed by atoms with Gasteiger partial charge in [0.15, 0.2) is 0 Å². The van der Waals surface area contributed by atoms with Crippen LogP contribution >= 0.6 is 11.8 Å². The lowest BCUT2D eigenvalue weighted by atomic mass is 9.97. The van der Waals surface area contributed by atoms with Gasteiger partial charge in [0.25, 0.3) is 0 Å². The van der Waals surface area contributed by atoms with E-state index in [0.717, 1.165) is 48.4 Å². The van der Waals surface area contributed by atoms with Crippen molar-refractivity contribution in [1.82, 2.24) is 20.4 Å². The van der Waals surface area contributed by atoms with Gasteiger partial charge in [0.2, 0.25) is 17.6 Å². The van der Waals surface area contributed by atoms with Crippen molar-refractivity contribution >= 4 is 17.7 Å². The van der Waals surface area contributed by atoms with Gasteiger partial charge < -0.3 is 9.84 Å². The van der Waals surface area contributed by atoms with Crippen molar-refractivity contribution in [1.29, 1.82) is 0 Å². The maximum absolute atomic E-state index is 13.0. The molecule has 0 aliphatic carbocycles. The van der Waals surface area contributed by atoms with Crippen LogP contribution in [0.3, 0.4) is 0 Å². The number of aromatic nitrogens is 2. The summed E-state index contributed by atoms with van der Waals surface area (Å²) in [7, 11) is 0. The molecule has 0 saturated carbocycles. The zero-order chi connectivity index (χ0) is 23.8. The summed E-state index contributed by atoms with van der Waals surface area (Å²) in [6, 6.07) is 14.7. The number of likely N-dealkylation sites (tertiary alicyclic amines) is 1. The summed E-state index contributed by atoms with van der Waals surface area (Å²) in [6.45, 7) is 4.90. The van der Waals surface area contributed by atoms with Crippen molar-refractivity contribution in [3.05, 3.63) is 71.4 Å². The number of hydrogen-bond donors (Lipinski definition) is 1. The number of thioether (sulfide) groups is 1. The van der Waals surface area contributed by atoms with Gasteiger partial charge in [-0.05, 0) is 56.2 Å². The molecular formula is C26H31FN4O2S. The second-order valence-corrected chi connectivity index (χ2v) is 9.88. The highest BCUT2D eigenvalue weighted by atomic mass is 32.2. The molecule has 1 N–H and O–H groups in total. The number of carbonyl (C=O) groups is 1. The van der Waals surface area contributed by atoms with E-state index in [-0.39, 0.29) is 17.6 Å². The van der Waals surface area contributed by atoms with Crippen LogP contribution in [0.2, 0.25) is 0 Å². The van der Waals surface area contributed by atoms with E-state index in [1.165, 1.54) is 17.7 Å². The van der Waals surface area contributed by atoms with Crippen LogP contribution in [0, 0.1) is 18.7 Å². The predicted molar refractivity (Wildman–Crippen MR) is 133 cm³/mol. The van der Waals surface area contributed by atoms with Gasteiger partial charge >= 0.3 is 0 Å². The first-order valence-corrected chi connectivity index (χ1v) is 12.9. The van der Waals surface area contributed by atoms with Gasteiger partial charge in [0.1, 0.15) is 5.82 Å². The van der Waals surface area contributed by atoms with Crippen LogP contribution < -0.4 is 5.32 Å². The SMILES string of the molecule is Cc1ccc(-c2noc(CN3CCCC(C(=O)NCCCSCc4ccc(F)cc4)C3)n2)cc1. The van der Waals surface area contributed by atoms with Crippen LogP contribution in [-0.2, 0) is 17.1 Å². The predicted octanol–water partition coefficient (Wildman–Crippen LogP) is 4.84. The molecule has 1 saturated heterocycles. The van der Waals surface area contributed by atoms with Gasteiger partial charge in [-0.2, -0.15) is 16.7 Å². The summed E-state index contributed by atoms with van der Waals surface area (Å²) in [4.78, 5) is 19.4. The lowest BCUT2D eigenvalue weighted by Crippen LogP contribution is -2.43. The standard InChI is InChI=1S/C26H31FN4O2S/c1-19-5-9-21(10-6-19)25-29-24(33-30-25)17-31-14-2-4-22(16-31)26(32)28-13-3-15-34-18-20-7-11-23(27)12-8-20/h5-12,22H,2-4,13-18H2,1H3,(H,28,32). The van der Waals surface area contributed by atoms with Gasteiger partial charge in [-0.25, -0.2) is 4.39 Å². The third-order valence-electron chi connectivity index (χ3n) is 5.96. The monoisotopic (exact) mass is 482 g/mol. The lowest BCUT2D eigenvalue weighted by Gasteiger charge is -2.30. The molecule has 1 atom stereocenters. The van der Waals surface area contributed by atoms with Gasteiger partial charge in [-0.3, -0.25) is 9.69 Å². The Kier molecular flexibility index (Phi) is 8.71. The molecule has 0 spiro atoms. The number of carbonyl (C=O) groups excluding carboxylic acids is 1. The number of hydrogen-bond acceptors (Lipinski definition) is 6. The zero-order valence-corrected chi connectivity index (χ0v) is 20.3. The zero-order valence-electron chi connectivity index (χ0n) is 19.5. The van der Waals surface area contributed by atoms with E-state index in [0.29, 0.717) is 31.3 Å². The van der Waals surface area contributed by atoms with Crippen molar-refractivity contribution in [2.75, 3.05) is 25.4 Å². The summed E-state index contributed by atoms with van der Waals surface area (Å²) in [5.41, 5.74) is 3.24. The van der Waals surface area contributed by atoms with Gasteiger partial charge in [0, 0.05) is 24.4 Å². The van der Waals surface area contributed by atoms with Crippen molar-refractivity contribution in [2.45, 2.75) is 38.5 Å². The van der Waals surface area contributed by atoms with Crippen LogP contribution in [0.1, 0.15) is 36.3 Å². The number of nitrogens with zero attached hydrogens (tertiary/aromatic N) is 3. The summed E-state index contributed by atoms with van der Waals surface area (Å²) >= 11 is 1.80. The highest BCUT2D eigenvalue weighted by molar-refractivity contribution is 7.98. The minimum absolute atomic E-state index is 0.0138. The first kappa shape index (κ1) is 24.4. The van der Waals surface area contributed by atoms with Gasteiger partial charge in [0.05, 0.1) is 12.5 Å². The molecule has 1 aliphatic heterocycles. The molecule has 0 bridgehead atoms. The van der Waals surface area contributed by atoms with Crippen LogP contribution in [0.15, 0.2) is 53.1 Å². The molecule has 180 valence electrons. The first-order valence-electron chi connectivity index (χ1n) is 11.8. The highest BCUT2D eigenvalue weighted by Crippen LogP contribution is 2.21. The minimum atomic E-state index is -0.207. The van der Waals surface area contributed by atoms with E-state index in [1.807, 2.05) is 43.3 Å². The average molecular weight is 483 g/mol. The fourth-order valence-corrected chi connectivity index (χ4v) is 4.97. The Hall–Kier alpha value is -2.71. The number of rotatable bonds is 10. The summed E-state index contributed by atoms with van der Waals surface area (Å²) in [5.74, 6) is 2.89. The molecule has 34 heavy (non-hydrogen) atoms. The summed E-state index contributed by atoms with van der Waals surface area (Å²) in [5, 5.41) is 7.21. The Labute approximate surface area is 204 Å². The molecule has 1 aromatic heterocycles. The number of aryl methyl sites for hydroxylation is 1. The van der Waals surface area contributed by atoms with Crippen molar-refractivity contribution < 1.29 is 13.7 Å². The third-order valence-corrected chi connectivity index (χ3v) is 7.07. The number of benzene rings is 2. The molecule has 1 amide bonds. The minimum Gasteiger partial charge on any atom is -0.356 e. The third kappa shape index (κ3) is 7.14. The van der Waals surface area contributed by atoms with Crippen LogP contribution in [0.4, 0.5) is 4.39 Å². The topological polar surface area (TPSA) is 71.3 Å². The van der Waals surface area contributed by atoms with E-state index < -0.39 is 0 Å². The van der Waals surface area contributed by atoms with E-state index in [1.54, 1.807) is 11.8 Å². The van der Waals surface area contributed by atoms with E-state index >= 15 is 0 Å². The molecule has 1 aliphatic rings. The summed E-state index contributed by atoms with van der Waals surface area (Å²) < 4.78 is 18.4. The number of nitrogens with one attached hydrogen (secondary N) is 1. The maximum Gasteiger partial charge on any atom is 0.241 e. The first-order chi connectivity index (χ1) is 16.6. The van der Waals surface area contributed by atoms with Crippen LogP contribution in [-0.4, -0.2) is 46.3 Å². The van der Waals surface area contributed by atoms with E-state index in [2.05, 4.69) is 20.4 Å². The second kappa shape index (κ2) is 12.1. The van der Waals surface area contributed by atoms with Gasteiger partial charge in [-0.15, -0.1) is 0 Å². The molecular weight excluding hydrogens is 451 g/mol. The van der Waals surface area contributed by atoms with Crippen molar-refractivity contribution in [2.24, 2.45) is 5.92 Å². The maximum atomic E-state index is 13.0. The largest absolute Gasteiger partial charge is 0.356 e. The Morgan fingerprint density at radius 3 is 2.79 bits per heavy atom. The molecule has 3 aromatic rings.